The van der Waals surface area contributed by atoms with E-state index in [1.807, 2.05) is 25.1 Å². The smallest absolute Gasteiger partial charge is 0.321 e. The van der Waals surface area contributed by atoms with Crippen LogP contribution >= 0.6 is 0 Å². The number of aliphatic carboxylic acids is 1. The molecule has 1 aliphatic heterocycles. The zero-order chi connectivity index (χ0) is 15.2. The van der Waals surface area contributed by atoms with Gasteiger partial charge in [-0.1, -0.05) is 19.1 Å². The maximum absolute atomic E-state index is 11.3. The number of ether oxygens (including phenoxy) is 1. The van der Waals surface area contributed by atoms with Crippen LogP contribution in [0.3, 0.4) is 0 Å². The summed E-state index contributed by atoms with van der Waals surface area (Å²) in [5.74, 6) is 0.289. The van der Waals surface area contributed by atoms with Gasteiger partial charge < -0.3 is 15.2 Å². The van der Waals surface area contributed by atoms with E-state index in [4.69, 9.17) is 4.74 Å². The highest BCUT2D eigenvalue weighted by molar-refractivity contribution is 5.74. The fourth-order valence-electron chi connectivity index (χ4n) is 2.98. The van der Waals surface area contributed by atoms with Gasteiger partial charge in [-0.25, -0.2) is 0 Å². The Hall–Kier alpha value is -1.59. The van der Waals surface area contributed by atoms with Crippen LogP contribution in [-0.4, -0.2) is 48.8 Å². The predicted octanol–water partition coefficient (Wildman–Crippen LogP) is 1.58. The molecule has 0 aromatic heterocycles. The number of likely N-dealkylation sites (tertiary alicyclic amines) is 1. The van der Waals surface area contributed by atoms with E-state index < -0.39 is 12.0 Å². The molecule has 0 aliphatic carbocycles. The number of rotatable bonds is 7. The number of benzene rings is 1. The third kappa shape index (κ3) is 4.19. The van der Waals surface area contributed by atoms with Gasteiger partial charge in [-0.3, -0.25) is 9.69 Å². The largest absolute Gasteiger partial charge is 0.497 e. The van der Waals surface area contributed by atoms with E-state index in [0.29, 0.717) is 6.54 Å². The number of carboxylic acid groups (broad SMARTS) is 1. The van der Waals surface area contributed by atoms with Crippen molar-refractivity contribution in [3.8, 4) is 5.75 Å². The zero-order valence-corrected chi connectivity index (χ0v) is 12.7. The molecule has 1 saturated heterocycles. The molecule has 5 heteroatoms. The molecule has 2 rings (SSSR count). The second-order valence-electron chi connectivity index (χ2n) is 5.51. The molecule has 0 radical (unpaired) electrons. The number of likely N-dealkylation sites (N-methyl/N-ethyl adjacent to an activating group) is 1. The fraction of sp³-hybridized carbons (Fsp3) is 0.562. The van der Waals surface area contributed by atoms with E-state index in [-0.39, 0.29) is 5.92 Å². The summed E-state index contributed by atoms with van der Waals surface area (Å²) in [4.78, 5) is 13.6. The van der Waals surface area contributed by atoms with Crippen LogP contribution in [0.5, 0.6) is 5.75 Å². The molecule has 1 aromatic carbocycles. The van der Waals surface area contributed by atoms with Crippen molar-refractivity contribution in [2.45, 2.75) is 25.9 Å². The van der Waals surface area contributed by atoms with Gasteiger partial charge in [-0.05, 0) is 43.1 Å². The average molecular weight is 292 g/mol. The molecule has 2 N–H and O–H groups in total. The molecule has 116 valence electrons. The number of nitrogens with one attached hydrogen (secondary N) is 1. The van der Waals surface area contributed by atoms with Gasteiger partial charge in [0.25, 0.3) is 0 Å². The van der Waals surface area contributed by atoms with Crippen molar-refractivity contribution in [2.75, 3.05) is 26.7 Å². The highest BCUT2D eigenvalue weighted by Gasteiger charge is 2.33. The number of hydrogen-bond donors (Lipinski definition) is 2. The summed E-state index contributed by atoms with van der Waals surface area (Å²) < 4.78 is 5.24. The maximum atomic E-state index is 11.3. The molecule has 1 aromatic rings. The zero-order valence-electron chi connectivity index (χ0n) is 12.7. The summed E-state index contributed by atoms with van der Waals surface area (Å²) in [6.07, 6.45) is 0.925. The van der Waals surface area contributed by atoms with Crippen LogP contribution in [0.1, 0.15) is 18.9 Å². The van der Waals surface area contributed by atoms with Crippen LogP contribution in [0.25, 0.3) is 0 Å². The SMILES string of the molecule is CCNC(C(=O)O)C1CCN(Cc2cccc(OC)c2)C1. The molecule has 1 heterocycles. The minimum Gasteiger partial charge on any atom is -0.497 e. The van der Waals surface area contributed by atoms with Crippen LogP contribution in [0.4, 0.5) is 0 Å². The second kappa shape index (κ2) is 7.43. The van der Waals surface area contributed by atoms with Crippen molar-refractivity contribution < 1.29 is 14.6 Å². The van der Waals surface area contributed by atoms with Gasteiger partial charge in [0.1, 0.15) is 11.8 Å². The Labute approximate surface area is 125 Å². The number of nitrogens with zero attached hydrogens (tertiary/aromatic N) is 1. The molecular formula is C16H24N2O3. The van der Waals surface area contributed by atoms with Crippen molar-refractivity contribution in [1.82, 2.24) is 10.2 Å². The van der Waals surface area contributed by atoms with E-state index in [1.165, 1.54) is 5.56 Å². The average Bonchev–Trinajstić information content (AvgIpc) is 2.92. The van der Waals surface area contributed by atoms with E-state index in [9.17, 15) is 9.90 Å². The molecule has 2 unspecified atom stereocenters. The van der Waals surface area contributed by atoms with Gasteiger partial charge in [0, 0.05) is 13.1 Å². The molecule has 0 saturated carbocycles. The Morgan fingerprint density at radius 2 is 2.38 bits per heavy atom. The number of hydrogen-bond acceptors (Lipinski definition) is 4. The maximum Gasteiger partial charge on any atom is 0.321 e. The molecule has 0 amide bonds. The standard InChI is InChI=1S/C16H24N2O3/c1-3-17-15(16(19)20)13-7-8-18(11-13)10-12-5-4-6-14(9-12)21-2/h4-6,9,13,15,17H,3,7-8,10-11H2,1-2H3,(H,19,20). The predicted molar refractivity (Wildman–Crippen MR) is 81.5 cm³/mol. The molecule has 0 spiro atoms. The first kappa shape index (κ1) is 15.8. The molecule has 5 nitrogen and oxygen atoms in total. The minimum atomic E-state index is -0.745. The highest BCUT2D eigenvalue weighted by Crippen LogP contribution is 2.23. The summed E-state index contributed by atoms with van der Waals surface area (Å²) in [5.41, 5.74) is 1.20. The van der Waals surface area contributed by atoms with E-state index in [0.717, 1.165) is 31.8 Å². The number of carboxylic acids is 1. The van der Waals surface area contributed by atoms with Crippen molar-refractivity contribution in [1.29, 1.82) is 0 Å². The van der Waals surface area contributed by atoms with Crippen molar-refractivity contribution >= 4 is 5.97 Å². The first-order chi connectivity index (χ1) is 10.1. The van der Waals surface area contributed by atoms with Gasteiger partial charge >= 0.3 is 5.97 Å². The minimum absolute atomic E-state index is 0.174. The molecule has 21 heavy (non-hydrogen) atoms. The van der Waals surface area contributed by atoms with E-state index in [2.05, 4.69) is 16.3 Å². The first-order valence-electron chi connectivity index (χ1n) is 7.45. The molecule has 0 bridgehead atoms. The fourth-order valence-corrected chi connectivity index (χ4v) is 2.98. The van der Waals surface area contributed by atoms with Crippen molar-refractivity contribution in [3.63, 3.8) is 0 Å². The van der Waals surface area contributed by atoms with Crippen molar-refractivity contribution in [3.05, 3.63) is 29.8 Å². The van der Waals surface area contributed by atoms with Gasteiger partial charge in [0.05, 0.1) is 7.11 Å². The van der Waals surface area contributed by atoms with Crippen molar-refractivity contribution in [2.24, 2.45) is 5.92 Å². The normalized spacial score (nSPS) is 20.4. The lowest BCUT2D eigenvalue weighted by Gasteiger charge is -2.21. The lowest BCUT2D eigenvalue weighted by molar-refractivity contribution is -0.140. The summed E-state index contributed by atoms with van der Waals surface area (Å²) in [6.45, 7) is 5.23. The molecule has 1 fully saturated rings. The van der Waals surface area contributed by atoms with Crippen LogP contribution in [0, 0.1) is 5.92 Å². The van der Waals surface area contributed by atoms with Crippen LogP contribution in [-0.2, 0) is 11.3 Å². The van der Waals surface area contributed by atoms with Crippen LogP contribution in [0.15, 0.2) is 24.3 Å². The van der Waals surface area contributed by atoms with Crippen LogP contribution < -0.4 is 10.1 Å². The molecule has 1 aliphatic rings. The lowest BCUT2D eigenvalue weighted by atomic mass is 9.99. The summed E-state index contributed by atoms with van der Waals surface area (Å²) in [6, 6.07) is 7.59. The second-order valence-corrected chi connectivity index (χ2v) is 5.51. The third-order valence-corrected chi connectivity index (χ3v) is 4.01. The number of methoxy groups -OCH3 is 1. The summed E-state index contributed by atoms with van der Waals surface area (Å²) in [5, 5.41) is 12.4. The Balaban J connectivity index is 1.93. The Morgan fingerprint density at radius 1 is 1.57 bits per heavy atom. The molecule has 2 atom stereocenters. The molecular weight excluding hydrogens is 268 g/mol. The Bertz CT molecular complexity index is 478. The van der Waals surface area contributed by atoms with Gasteiger partial charge in [0.2, 0.25) is 0 Å². The summed E-state index contributed by atoms with van der Waals surface area (Å²) in [7, 11) is 1.67. The van der Waals surface area contributed by atoms with Gasteiger partial charge in [-0.15, -0.1) is 0 Å². The number of carbonyl (C=O) groups is 1. The summed E-state index contributed by atoms with van der Waals surface area (Å²) >= 11 is 0. The first-order valence-corrected chi connectivity index (χ1v) is 7.45. The third-order valence-electron chi connectivity index (χ3n) is 4.01. The quantitative estimate of drug-likeness (QED) is 0.799. The van der Waals surface area contributed by atoms with E-state index in [1.54, 1.807) is 7.11 Å². The van der Waals surface area contributed by atoms with Gasteiger partial charge in [-0.2, -0.15) is 0 Å². The van der Waals surface area contributed by atoms with Crippen LogP contribution in [0.2, 0.25) is 0 Å². The van der Waals surface area contributed by atoms with E-state index >= 15 is 0 Å². The monoisotopic (exact) mass is 292 g/mol. The topological polar surface area (TPSA) is 61.8 Å². The van der Waals surface area contributed by atoms with Gasteiger partial charge in [0.15, 0.2) is 0 Å². The lowest BCUT2D eigenvalue weighted by Crippen LogP contribution is -2.43. The highest BCUT2D eigenvalue weighted by atomic mass is 16.5. The Kier molecular flexibility index (Phi) is 5.59. The Morgan fingerprint density at radius 3 is 3.05 bits per heavy atom.